The standard InChI is InChI=1S/C30H47N5O5.CH2O2/c1-19(2)23(24(36)28(39)31-18-21-12-10-9-11-13-21)33-26(37)20(3)32-29(40)25(30(4,5)6)34-27(38)22-14-16-35(7,8)17-15-22;2-1-3/h9-13,19-20,22-23,25H,14-18H2,1-8H3,(H3-,31,32,33,34,37,38,39,40);1H,(H,2,3)/t20-,23-,25+;/m0./s1. The van der Waals surface area contributed by atoms with Crippen molar-refractivity contribution in [3.63, 3.8) is 0 Å². The van der Waals surface area contributed by atoms with Crippen LogP contribution in [-0.2, 0) is 35.3 Å². The van der Waals surface area contributed by atoms with Crippen molar-refractivity contribution in [1.82, 2.24) is 21.3 Å². The maximum absolute atomic E-state index is 13.3. The molecule has 1 aliphatic heterocycles. The second kappa shape index (κ2) is 16.7. The summed E-state index contributed by atoms with van der Waals surface area (Å²) >= 11 is 0. The van der Waals surface area contributed by atoms with Crippen molar-refractivity contribution >= 4 is 35.9 Å². The van der Waals surface area contributed by atoms with Gasteiger partial charge in [-0.1, -0.05) is 65.0 Å². The quantitative estimate of drug-likeness (QED) is 0.155. The highest BCUT2D eigenvalue weighted by atomic mass is 16.3. The number of nitrogens with one attached hydrogen (secondary N) is 4. The summed E-state index contributed by atoms with van der Waals surface area (Å²) in [5.74, 6) is -3.30. The van der Waals surface area contributed by atoms with Gasteiger partial charge in [-0.15, -0.1) is 0 Å². The predicted molar refractivity (Wildman–Crippen MR) is 160 cm³/mol. The summed E-state index contributed by atoms with van der Waals surface area (Å²) in [4.78, 5) is 73.0. The Morgan fingerprint density at radius 1 is 0.930 bits per heavy atom. The van der Waals surface area contributed by atoms with Crippen molar-refractivity contribution in [3.8, 4) is 0 Å². The smallest absolute Gasteiger partial charge is 0.289 e. The van der Waals surface area contributed by atoms with Crippen LogP contribution in [0.2, 0.25) is 0 Å². The van der Waals surface area contributed by atoms with Crippen molar-refractivity contribution in [2.24, 2.45) is 17.3 Å². The number of rotatable bonds is 11. The van der Waals surface area contributed by atoms with E-state index >= 15 is 0 Å². The average molecular weight is 604 g/mol. The van der Waals surface area contributed by atoms with Gasteiger partial charge in [0.1, 0.15) is 12.1 Å². The number of likely N-dealkylation sites (tertiary alicyclic amines) is 1. The fourth-order valence-corrected chi connectivity index (χ4v) is 4.65. The number of piperidine rings is 1. The number of carboxylic acid groups (broad SMARTS) is 1. The Hall–Kier alpha value is -3.80. The number of benzene rings is 1. The van der Waals surface area contributed by atoms with Crippen LogP contribution in [0.4, 0.5) is 0 Å². The van der Waals surface area contributed by atoms with E-state index < -0.39 is 53.5 Å². The van der Waals surface area contributed by atoms with Crippen LogP contribution in [-0.4, -0.2) is 85.7 Å². The van der Waals surface area contributed by atoms with E-state index in [4.69, 9.17) is 9.90 Å². The van der Waals surface area contributed by atoms with E-state index in [1.807, 2.05) is 51.1 Å². The Kier molecular flexibility index (Phi) is 14.5. The number of Topliss-reactive ketones (excluding diaryl/α,β-unsaturated/α-hetero) is 1. The SMILES string of the molecule is CC(C)[C@H](NC(=O)[C@H](C)NC(=O)[C@@H](NC(=O)C1CC[N+](C)(C)CC1)C(C)(C)C)C(=O)C(=O)NCc1ccccc1.O=C[O-]. The Labute approximate surface area is 254 Å². The van der Waals surface area contributed by atoms with Gasteiger partial charge in [-0.05, 0) is 23.8 Å². The zero-order valence-electron chi connectivity index (χ0n) is 26.7. The number of carbonyl (C=O) groups is 6. The van der Waals surface area contributed by atoms with E-state index in [1.54, 1.807) is 13.8 Å². The van der Waals surface area contributed by atoms with E-state index in [2.05, 4.69) is 35.4 Å². The van der Waals surface area contributed by atoms with E-state index in [9.17, 15) is 24.0 Å². The molecule has 0 bridgehead atoms. The van der Waals surface area contributed by atoms with Crippen molar-refractivity contribution in [2.75, 3.05) is 27.2 Å². The number of hydrogen-bond acceptors (Lipinski definition) is 7. The largest absolute Gasteiger partial charge is 0.554 e. The first-order valence-corrected chi connectivity index (χ1v) is 14.6. The molecule has 0 radical (unpaired) electrons. The van der Waals surface area contributed by atoms with Crippen LogP contribution >= 0.6 is 0 Å². The number of ketones is 1. The zero-order valence-corrected chi connectivity index (χ0v) is 26.7. The Bertz CT molecular complexity index is 1110. The third kappa shape index (κ3) is 12.5. The predicted octanol–water partition coefficient (Wildman–Crippen LogP) is -0.0992. The van der Waals surface area contributed by atoms with Crippen molar-refractivity contribution < 1.29 is 38.4 Å². The van der Waals surface area contributed by atoms with Gasteiger partial charge in [-0.2, -0.15) is 0 Å². The highest BCUT2D eigenvalue weighted by molar-refractivity contribution is 6.38. The molecule has 2 rings (SSSR count). The molecule has 240 valence electrons. The maximum Gasteiger partial charge on any atom is 0.289 e. The molecule has 0 aliphatic carbocycles. The number of carbonyl (C=O) groups excluding carboxylic acids is 6. The fraction of sp³-hybridized carbons (Fsp3) is 0.613. The highest BCUT2D eigenvalue weighted by Crippen LogP contribution is 2.24. The number of nitrogens with zero attached hydrogens (tertiary/aromatic N) is 1. The minimum atomic E-state index is -1.06. The zero-order chi connectivity index (χ0) is 33.0. The maximum atomic E-state index is 13.3. The molecule has 1 saturated heterocycles. The average Bonchev–Trinajstić information content (AvgIpc) is 2.92. The van der Waals surface area contributed by atoms with Gasteiger partial charge in [-0.3, -0.25) is 24.0 Å². The third-order valence-electron chi connectivity index (χ3n) is 7.47. The van der Waals surface area contributed by atoms with Crippen LogP contribution in [0, 0.1) is 17.3 Å². The van der Waals surface area contributed by atoms with E-state index in [-0.39, 0.29) is 24.3 Å². The number of amides is 4. The molecule has 0 aromatic heterocycles. The van der Waals surface area contributed by atoms with Gasteiger partial charge in [0.15, 0.2) is 0 Å². The molecule has 0 unspecified atom stereocenters. The lowest BCUT2D eigenvalue weighted by Crippen LogP contribution is -2.60. The highest BCUT2D eigenvalue weighted by Gasteiger charge is 2.38. The Balaban J connectivity index is 0.00000295. The fourth-order valence-electron chi connectivity index (χ4n) is 4.65. The van der Waals surface area contributed by atoms with E-state index in [0.717, 1.165) is 36.0 Å². The summed E-state index contributed by atoms with van der Waals surface area (Å²) in [7, 11) is 4.28. The lowest BCUT2D eigenvalue weighted by Gasteiger charge is -2.38. The van der Waals surface area contributed by atoms with Crippen molar-refractivity contribution in [1.29, 1.82) is 0 Å². The lowest BCUT2D eigenvalue weighted by atomic mass is 9.85. The lowest BCUT2D eigenvalue weighted by molar-refractivity contribution is -0.895. The third-order valence-corrected chi connectivity index (χ3v) is 7.47. The van der Waals surface area contributed by atoms with E-state index in [0.29, 0.717) is 0 Å². The van der Waals surface area contributed by atoms with E-state index in [1.165, 1.54) is 6.92 Å². The van der Waals surface area contributed by atoms with Crippen LogP contribution in [0.25, 0.3) is 0 Å². The molecule has 12 heteroatoms. The first-order valence-electron chi connectivity index (χ1n) is 14.6. The molecule has 1 fully saturated rings. The van der Waals surface area contributed by atoms with Gasteiger partial charge in [0.2, 0.25) is 23.5 Å². The van der Waals surface area contributed by atoms with Crippen LogP contribution in [0.1, 0.15) is 59.9 Å². The molecule has 4 amide bonds. The van der Waals surface area contributed by atoms with Crippen LogP contribution in [0.5, 0.6) is 0 Å². The molecule has 1 aliphatic rings. The van der Waals surface area contributed by atoms with Crippen LogP contribution in [0.15, 0.2) is 30.3 Å². The van der Waals surface area contributed by atoms with Crippen molar-refractivity contribution in [3.05, 3.63) is 35.9 Å². The van der Waals surface area contributed by atoms with Gasteiger partial charge in [0.05, 0.1) is 33.2 Å². The molecule has 0 saturated carbocycles. The molecule has 1 aromatic rings. The number of hydrogen-bond donors (Lipinski definition) is 4. The molecule has 43 heavy (non-hydrogen) atoms. The van der Waals surface area contributed by atoms with Gasteiger partial charge in [0.25, 0.3) is 5.91 Å². The molecule has 1 heterocycles. The topological polar surface area (TPSA) is 174 Å². The minimum Gasteiger partial charge on any atom is -0.554 e. The van der Waals surface area contributed by atoms with Gasteiger partial charge in [0, 0.05) is 31.8 Å². The Morgan fingerprint density at radius 2 is 1.47 bits per heavy atom. The molecule has 4 N–H and O–H groups in total. The number of quaternary nitrogens is 1. The summed E-state index contributed by atoms with van der Waals surface area (Å²) in [6.07, 6.45) is 1.50. The minimum absolute atomic E-state index is 0.154. The molecular formula is C31H49N5O7. The van der Waals surface area contributed by atoms with Gasteiger partial charge in [-0.25, -0.2) is 0 Å². The van der Waals surface area contributed by atoms with Crippen LogP contribution in [0.3, 0.4) is 0 Å². The van der Waals surface area contributed by atoms with Gasteiger partial charge < -0.3 is 35.7 Å². The van der Waals surface area contributed by atoms with Crippen molar-refractivity contribution in [2.45, 2.75) is 79.1 Å². The molecule has 12 nitrogen and oxygen atoms in total. The molecule has 3 atom stereocenters. The first-order chi connectivity index (χ1) is 19.9. The summed E-state index contributed by atoms with van der Waals surface area (Å²) < 4.78 is 0.869. The molecule has 1 aromatic carbocycles. The monoisotopic (exact) mass is 603 g/mol. The summed E-state index contributed by atoms with van der Waals surface area (Å²) in [5, 5.41) is 19.1. The Morgan fingerprint density at radius 3 is 1.95 bits per heavy atom. The summed E-state index contributed by atoms with van der Waals surface area (Å²) in [5.41, 5.74) is 0.241. The van der Waals surface area contributed by atoms with Gasteiger partial charge >= 0.3 is 0 Å². The molecule has 0 spiro atoms. The molecular weight excluding hydrogens is 554 g/mol. The second-order valence-electron chi connectivity index (χ2n) is 13.1. The normalized spacial score (nSPS) is 16.8. The first kappa shape index (κ1) is 37.2. The summed E-state index contributed by atoms with van der Waals surface area (Å²) in [6.45, 7) is 12.0. The summed E-state index contributed by atoms with van der Waals surface area (Å²) in [6, 6.07) is 6.28. The van der Waals surface area contributed by atoms with Crippen LogP contribution < -0.4 is 26.4 Å². The second-order valence-corrected chi connectivity index (χ2v) is 13.1.